The SMILES string of the molecule is CC[C@@H](NC(=O)Oc1ccccc1)C(=O)N1CCC(c2ccc(Cl)cc2)C(C)(C)C1. The molecule has 1 unspecified atom stereocenters. The number of nitrogens with zero attached hydrogens (tertiary/aromatic N) is 1. The zero-order valence-corrected chi connectivity index (χ0v) is 18.5. The molecule has 6 heteroatoms. The largest absolute Gasteiger partial charge is 0.413 e. The van der Waals surface area contributed by atoms with Gasteiger partial charge in [0.2, 0.25) is 5.91 Å². The second-order valence-corrected chi connectivity index (χ2v) is 8.89. The number of piperidine rings is 1. The number of rotatable bonds is 5. The molecule has 0 radical (unpaired) electrons. The third-order valence-electron chi connectivity index (χ3n) is 5.77. The molecule has 1 aliphatic rings. The molecule has 1 saturated heterocycles. The molecule has 0 aromatic heterocycles. The normalized spacial score (nSPS) is 19.1. The van der Waals surface area contributed by atoms with Crippen LogP contribution in [0.3, 0.4) is 0 Å². The first-order valence-electron chi connectivity index (χ1n) is 10.4. The highest BCUT2D eigenvalue weighted by atomic mass is 35.5. The van der Waals surface area contributed by atoms with Gasteiger partial charge in [-0.3, -0.25) is 4.79 Å². The number of hydrogen-bond donors (Lipinski definition) is 1. The van der Waals surface area contributed by atoms with Crippen molar-refractivity contribution >= 4 is 23.6 Å². The maximum atomic E-state index is 13.1. The third kappa shape index (κ3) is 5.33. The Labute approximate surface area is 183 Å². The van der Waals surface area contributed by atoms with Gasteiger partial charge in [-0.1, -0.05) is 62.7 Å². The Morgan fingerprint density at radius 1 is 1.17 bits per heavy atom. The van der Waals surface area contributed by atoms with Gasteiger partial charge in [-0.25, -0.2) is 4.79 Å². The first-order chi connectivity index (χ1) is 14.3. The number of benzene rings is 2. The van der Waals surface area contributed by atoms with Gasteiger partial charge >= 0.3 is 6.09 Å². The number of amides is 2. The standard InChI is InChI=1S/C24H29ClN2O3/c1-4-21(26-23(29)30-19-8-6-5-7-9-19)22(28)27-15-14-20(24(2,3)16-27)17-10-12-18(25)13-11-17/h5-13,20-21H,4,14-16H2,1-3H3,(H,26,29)/t20?,21-/m1/s1. The molecule has 1 fully saturated rings. The highest BCUT2D eigenvalue weighted by molar-refractivity contribution is 6.30. The van der Waals surface area contributed by atoms with E-state index in [0.29, 0.717) is 31.2 Å². The van der Waals surface area contributed by atoms with E-state index in [1.165, 1.54) is 5.56 Å². The van der Waals surface area contributed by atoms with Crippen LogP contribution in [0.1, 0.15) is 45.1 Å². The first kappa shape index (κ1) is 22.2. The van der Waals surface area contributed by atoms with Crippen LogP contribution in [0, 0.1) is 5.41 Å². The molecule has 2 aromatic rings. The summed E-state index contributed by atoms with van der Waals surface area (Å²) in [4.78, 5) is 27.2. The molecule has 1 aliphatic heterocycles. The number of para-hydroxylation sites is 1. The van der Waals surface area contributed by atoms with Crippen LogP contribution in [-0.2, 0) is 4.79 Å². The number of hydrogen-bond acceptors (Lipinski definition) is 3. The minimum Gasteiger partial charge on any atom is -0.410 e. The molecule has 1 N–H and O–H groups in total. The van der Waals surface area contributed by atoms with Crippen molar-refractivity contribution in [2.75, 3.05) is 13.1 Å². The summed E-state index contributed by atoms with van der Waals surface area (Å²) in [6, 6.07) is 16.2. The zero-order valence-electron chi connectivity index (χ0n) is 17.7. The van der Waals surface area contributed by atoms with Crippen molar-refractivity contribution in [1.82, 2.24) is 10.2 Å². The first-order valence-corrected chi connectivity index (χ1v) is 10.8. The Balaban J connectivity index is 1.62. The molecule has 0 spiro atoms. The fourth-order valence-corrected chi connectivity index (χ4v) is 4.31. The van der Waals surface area contributed by atoms with Gasteiger partial charge in [-0.05, 0) is 54.0 Å². The van der Waals surface area contributed by atoms with Gasteiger partial charge in [-0.2, -0.15) is 0 Å². The van der Waals surface area contributed by atoms with E-state index >= 15 is 0 Å². The van der Waals surface area contributed by atoms with Crippen LogP contribution in [0.15, 0.2) is 54.6 Å². The van der Waals surface area contributed by atoms with Crippen molar-refractivity contribution in [3.63, 3.8) is 0 Å². The Kier molecular flexibility index (Phi) is 7.03. The molecule has 1 heterocycles. The van der Waals surface area contributed by atoms with Crippen molar-refractivity contribution in [2.24, 2.45) is 5.41 Å². The summed E-state index contributed by atoms with van der Waals surface area (Å²) in [6.07, 6.45) is 0.752. The minimum atomic E-state index is -0.614. The van der Waals surface area contributed by atoms with Crippen LogP contribution in [0.2, 0.25) is 5.02 Å². The molecule has 5 nitrogen and oxygen atoms in total. The molecule has 2 aromatic carbocycles. The van der Waals surface area contributed by atoms with Gasteiger partial charge in [-0.15, -0.1) is 0 Å². The summed E-state index contributed by atoms with van der Waals surface area (Å²) in [5.41, 5.74) is 1.15. The Hall–Kier alpha value is -2.53. The van der Waals surface area contributed by atoms with Gasteiger partial charge in [0.1, 0.15) is 11.8 Å². The molecule has 0 aliphatic carbocycles. The van der Waals surface area contributed by atoms with Crippen LogP contribution in [0.25, 0.3) is 0 Å². The molecular weight excluding hydrogens is 400 g/mol. The lowest BCUT2D eigenvalue weighted by atomic mass is 9.70. The number of likely N-dealkylation sites (tertiary alicyclic amines) is 1. The second-order valence-electron chi connectivity index (χ2n) is 8.45. The van der Waals surface area contributed by atoms with Crippen LogP contribution in [0.5, 0.6) is 5.75 Å². The second kappa shape index (κ2) is 9.52. The van der Waals surface area contributed by atoms with E-state index in [-0.39, 0.29) is 11.3 Å². The molecular formula is C24H29ClN2O3. The molecule has 30 heavy (non-hydrogen) atoms. The lowest BCUT2D eigenvalue weighted by Crippen LogP contribution is -2.54. The van der Waals surface area contributed by atoms with Gasteiger partial charge in [0, 0.05) is 18.1 Å². The number of ether oxygens (including phenoxy) is 1. The summed E-state index contributed by atoms with van der Waals surface area (Å²) >= 11 is 6.03. The fraction of sp³-hybridized carbons (Fsp3) is 0.417. The summed E-state index contributed by atoms with van der Waals surface area (Å²) in [5.74, 6) is 0.724. The molecule has 3 rings (SSSR count). The lowest BCUT2D eigenvalue weighted by Gasteiger charge is -2.45. The van der Waals surface area contributed by atoms with Crippen LogP contribution in [-0.4, -0.2) is 36.0 Å². The van der Waals surface area contributed by atoms with Crippen molar-refractivity contribution in [3.8, 4) is 5.75 Å². The van der Waals surface area contributed by atoms with Gasteiger partial charge in [0.25, 0.3) is 0 Å². The Morgan fingerprint density at radius 3 is 2.43 bits per heavy atom. The van der Waals surface area contributed by atoms with Crippen molar-refractivity contribution in [2.45, 2.75) is 45.6 Å². The average Bonchev–Trinajstić information content (AvgIpc) is 2.72. The summed E-state index contributed by atoms with van der Waals surface area (Å²) < 4.78 is 5.28. The quantitative estimate of drug-likeness (QED) is 0.707. The van der Waals surface area contributed by atoms with Gasteiger partial charge in [0.15, 0.2) is 0 Å². The minimum absolute atomic E-state index is 0.0647. The molecule has 2 atom stereocenters. The predicted octanol–water partition coefficient (Wildman–Crippen LogP) is 5.25. The van der Waals surface area contributed by atoms with Crippen LogP contribution < -0.4 is 10.1 Å². The summed E-state index contributed by atoms with van der Waals surface area (Å²) in [6.45, 7) is 7.54. The van der Waals surface area contributed by atoms with Crippen molar-refractivity contribution < 1.29 is 14.3 Å². The maximum Gasteiger partial charge on any atom is 0.413 e. The van der Waals surface area contributed by atoms with E-state index in [1.807, 2.05) is 30.0 Å². The molecule has 0 bridgehead atoms. The molecule has 160 valence electrons. The van der Waals surface area contributed by atoms with Crippen LogP contribution in [0.4, 0.5) is 4.79 Å². The fourth-order valence-electron chi connectivity index (χ4n) is 4.18. The Morgan fingerprint density at radius 2 is 1.83 bits per heavy atom. The topological polar surface area (TPSA) is 58.6 Å². The van der Waals surface area contributed by atoms with E-state index in [4.69, 9.17) is 16.3 Å². The van der Waals surface area contributed by atoms with E-state index < -0.39 is 12.1 Å². The van der Waals surface area contributed by atoms with Crippen molar-refractivity contribution in [1.29, 1.82) is 0 Å². The number of carbonyl (C=O) groups excluding carboxylic acids is 2. The number of halogens is 1. The van der Waals surface area contributed by atoms with E-state index in [0.717, 1.165) is 11.4 Å². The highest BCUT2D eigenvalue weighted by Gasteiger charge is 2.39. The molecule has 2 amide bonds. The summed E-state index contributed by atoms with van der Waals surface area (Å²) in [7, 11) is 0. The van der Waals surface area contributed by atoms with E-state index in [2.05, 4.69) is 31.3 Å². The monoisotopic (exact) mass is 428 g/mol. The summed E-state index contributed by atoms with van der Waals surface area (Å²) in [5, 5.41) is 3.45. The lowest BCUT2D eigenvalue weighted by molar-refractivity contribution is -0.137. The maximum absolute atomic E-state index is 13.1. The number of nitrogens with one attached hydrogen (secondary N) is 1. The van der Waals surface area contributed by atoms with E-state index in [1.54, 1.807) is 24.3 Å². The molecule has 0 saturated carbocycles. The Bertz CT molecular complexity index is 868. The smallest absolute Gasteiger partial charge is 0.410 e. The predicted molar refractivity (Wildman–Crippen MR) is 119 cm³/mol. The van der Waals surface area contributed by atoms with Gasteiger partial charge < -0.3 is 15.0 Å². The van der Waals surface area contributed by atoms with Crippen molar-refractivity contribution in [3.05, 3.63) is 65.2 Å². The highest BCUT2D eigenvalue weighted by Crippen LogP contribution is 2.42. The zero-order chi connectivity index (χ0) is 21.7. The average molecular weight is 429 g/mol. The third-order valence-corrected chi connectivity index (χ3v) is 6.02. The van der Waals surface area contributed by atoms with E-state index in [9.17, 15) is 9.59 Å². The van der Waals surface area contributed by atoms with Crippen LogP contribution >= 0.6 is 11.6 Å². The number of carbonyl (C=O) groups is 2. The van der Waals surface area contributed by atoms with Gasteiger partial charge in [0.05, 0.1) is 0 Å².